The van der Waals surface area contributed by atoms with Crippen LogP contribution in [0.15, 0.2) is 25.0 Å². The Hall–Kier alpha value is -2.18. The number of nitrogens with zero attached hydrogens (tertiary/aromatic N) is 5. The van der Waals surface area contributed by atoms with Crippen molar-refractivity contribution < 1.29 is 4.79 Å². The highest BCUT2D eigenvalue weighted by Crippen LogP contribution is 2.12. The standard InChI is InChI=1S/C12H18N6O/c1-10(18-6-4-14-11(18)2)7-12(19)15-3-5-17-9-13-8-16-17/h4,6,8-10H,3,5,7H2,1-2H3,(H,15,19)/t10-/m0/s1. The smallest absolute Gasteiger partial charge is 0.222 e. The van der Waals surface area contributed by atoms with Gasteiger partial charge in [-0.1, -0.05) is 0 Å². The second-order valence-corrected chi connectivity index (χ2v) is 4.44. The summed E-state index contributed by atoms with van der Waals surface area (Å²) in [5.74, 6) is 0.948. The predicted molar refractivity (Wildman–Crippen MR) is 69.3 cm³/mol. The monoisotopic (exact) mass is 262 g/mol. The van der Waals surface area contributed by atoms with Crippen LogP contribution in [0.25, 0.3) is 0 Å². The molecular formula is C12H18N6O. The van der Waals surface area contributed by atoms with Crippen LogP contribution < -0.4 is 5.32 Å². The van der Waals surface area contributed by atoms with Gasteiger partial charge in [-0.15, -0.1) is 0 Å². The van der Waals surface area contributed by atoms with Gasteiger partial charge in [-0.25, -0.2) is 9.97 Å². The molecule has 0 radical (unpaired) electrons. The molecule has 1 atom stereocenters. The number of imidazole rings is 1. The van der Waals surface area contributed by atoms with Gasteiger partial charge in [0, 0.05) is 31.4 Å². The summed E-state index contributed by atoms with van der Waals surface area (Å²) in [7, 11) is 0. The van der Waals surface area contributed by atoms with Crippen molar-refractivity contribution in [2.75, 3.05) is 6.54 Å². The fourth-order valence-electron chi connectivity index (χ4n) is 1.95. The number of hydrogen-bond acceptors (Lipinski definition) is 4. The Bertz CT molecular complexity index is 518. The molecule has 1 amide bonds. The van der Waals surface area contributed by atoms with Crippen molar-refractivity contribution in [2.45, 2.75) is 32.9 Å². The summed E-state index contributed by atoms with van der Waals surface area (Å²) in [5.41, 5.74) is 0. The molecule has 0 aromatic carbocycles. The first-order chi connectivity index (χ1) is 9.16. The van der Waals surface area contributed by atoms with Crippen LogP contribution in [0.4, 0.5) is 0 Å². The lowest BCUT2D eigenvalue weighted by Crippen LogP contribution is -2.29. The van der Waals surface area contributed by atoms with Crippen LogP contribution >= 0.6 is 0 Å². The highest BCUT2D eigenvalue weighted by Gasteiger charge is 2.11. The van der Waals surface area contributed by atoms with Crippen molar-refractivity contribution in [1.82, 2.24) is 29.6 Å². The van der Waals surface area contributed by atoms with E-state index in [0.717, 1.165) is 5.82 Å². The number of carbonyl (C=O) groups is 1. The molecule has 0 fully saturated rings. The Labute approximate surface area is 111 Å². The van der Waals surface area contributed by atoms with E-state index in [0.29, 0.717) is 19.5 Å². The summed E-state index contributed by atoms with van der Waals surface area (Å²) in [5, 5.41) is 6.84. The summed E-state index contributed by atoms with van der Waals surface area (Å²) >= 11 is 0. The SMILES string of the molecule is Cc1nccn1[C@@H](C)CC(=O)NCCn1cncn1. The molecule has 0 saturated carbocycles. The molecule has 0 aliphatic carbocycles. The number of hydrogen-bond donors (Lipinski definition) is 1. The molecule has 2 aromatic heterocycles. The Balaban J connectivity index is 1.74. The molecule has 7 heteroatoms. The molecule has 0 saturated heterocycles. The van der Waals surface area contributed by atoms with Crippen molar-refractivity contribution in [2.24, 2.45) is 0 Å². The summed E-state index contributed by atoms with van der Waals surface area (Å²) in [4.78, 5) is 19.8. The Morgan fingerprint density at radius 2 is 2.37 bits per heavy atom. The zero-order valence-corrected chi connectivity index (χ0v) is 11.2. The molecule has 2 rings (SSSR count). The lowest BCUT2D eigenvalue weighted by Gasteiger charge is -2.14. The number of aromatic nitrogens is 5. The molecule has 1 N–H and O–H groups in total. The highest BCUT2D eigenvalue weighted by molar-refractivity contribution is 5.76. The van der Waals surface area contributed by atoms with E-state index >= 15 is 0 Å². The number of carbonyl (C=O) groups excluding carboxylic acids is 1. The van der Waals surface area contributed by atoms with Gasteiger partial charge in [0.05, 0.1) is 6.54 Å². The van der Waals surface area contributed by atoms with E-state index in [-0.39, 0.29) is 11.9 Å². The van der Waals surface area contributed by atoms with E-state index in [2.05, 4.69) is 20.4 Å². The van der Waals surface area contributed by atoms with Gasteiger partial charge in [0.25, 0.3) is 0 Å². The van der Waals surface area contributed by atoms with Gasteiger partial charge >= 0.3 is 0 Å². The average Bonchev–Trinajstić information content (AvgIpc) is 3.00. The molecule has 0 bridgehead atoms. The molecule has 102 valence electrons. The van der Waals surface area contributed by atoms with Crippen molar-refractivity contribution in [1.29, 1.82) is 0 Å². The maximum atomic E-state index is 11.8. The first-order valence-corrected chi connectivity index (χ1v) is 6.25. The molecule has 0 aliphatic rings. The summed E-state index contributed by atoms with van der Waals surface area (Å²) < 4.78 is 3.68. The third-order valence-corrected chi connectivity index (χ3v) is 2.95. The second-order valence-electron chi connectivity index (χ2n) is 4.44. The highest BCUT2D eigenvalue weighted by atomic mass is 16.1. The molecule has 0 aliphatic heterocycles. The Morgan fingerprint density at radius 3 is 3.00 bits per heavy atom. The molecule has 19 heavy (non-hydrogen) atoms. The minimum absolute atomic E-state index is 0.0284. The Kier molecular flexibility index (Phi) is 4.27. The zero-order valence-electron chi connectivity index (χ0n) is 11.2. The lowest BCUT2D eigenvalue weighted by molar-refractivity contribution is -0.121. The molecule has 0 unspecified atom stereocenters. The van der Waals surface area contributed by atoms with Gasteiger partial charge in [0.15, 0.2) is 0 Å². The first-order valence-electron chi connectivity index (χ1n) is 6.25. The van der Waals surface area contributed by atoms with Crippen LogP contribution in [0.5, 0.6) is 0 Å². The number of nitrogens with one attached hydrogen (secondary N) is 1. The fourth-order valence-corrected chi connectivity index (χ4v) is 1.95. The molecular weight excluding hydrogens is 244 g/mol. The molecule has 2 heterocycles. The molecule has 7 nitrogen and oxygen atoms in total. The van der Waals surface area contributed by atoms with Crippen molar-refractivity contribution in [3.8, 4) is 0 Å². The van der Waals surface area contributed by atoms with Gasteiger partial charge in [0.2, 0.25) is 5.91 Å². The van der Waals surface area contributed by atoms with E-state index in [1.54, 1.807) is 17.2 Å². The van der Waals surface area contributed by atoms with Gasteiger partial charge in [0.1, 0.15) is 18.5 Å². The number of aryl methyl sites for hydroxylation is 1. The minimum atomic E-state index is 0.0284. The number of rotatable bonds is 6. The summed E-state index contributed by atoms with van der Waals surface area (Å²) in [6.07, 6.45) is 7.18. The normalized spacial score (nSPS) is 12.3. The lowest BCUT2D eigenvalue weighted by atomic mass is 10.2. The zero-order chi connectivity index (χ0) is 13.7. The molecule has 2 aromatic rings. The van der Waals surface area contributed by atoms with E-state index in [1.165, 1.54) is 6.33 Å². The quantitative estimate of drug-likeness (QED) is 0.824. The van der Waals surface area contributed by atoms with Gasteiger partial charge in [-0.3, -0.25) is 9.48 Å². The van der Waals surface area contributed by atoms with Crippen molar-refractivity contribution in [3.05, 3.63) is 30.9 Å². The summed E-state index contributed by atoms with van der Waals surface area (Å²) in [6.45, 7) is 5.12. The van der Waals surface area contributed by atoms with E-state index in [4.69, 9.17) is 0 Å². The fraction of sp³-hybridized carbons (Fsp3) is 0.500. The maximum absolute atomic E-state index is 11.8. The second kappa shape index (κ2) is 6.12. The predicted octanol–water partition coefficient (Wildman–Crippen LogP) is 0.551. The summed E-state index contributed by atoms with van der Waals surface area (Å²) in [6, 6.07) is 0.105. The van der Waals surface area contributed by atoms with E-state index in [9.17, 15) is 4.79 Å². The Morgan fingerprint density at radius 1 is 1.53 bits per heavy atom. The van der Waals surface area contributed by atoms with Crippen LogP contribution in [-0.4, -0.2) is 36.8 Å². The number of amides is 1. The van der Waals surface area contributed by atoms with Crippen LogP contribution in [0.2, 0.25) is 0 Å². The third kappa shape index (κ3) is 3.64. The first kappa shape index (κ1) is 13.3. The largest absolute Gasteiger partial charge is 0.354 e. The van der Waals surface area contributed by atoms with Crippen LogP contribution in [0.1, 0.15) is 25.2 Å². The van der Waals surface area contributed by atoms with E-state index in [1.807, 2.05) is 24.6 Å². The van der Waals surface area contributed by atoms with Gasteiger partial charge in [-0.2, -0.15) is 5.10 Å². The topological polar surface area (TPSA) is 77.6 Å². The van der Waals surface area contributed by atoms with Crippen LogP contribution in [-0.2, 0) is 11.3 Å². The average molecular weight is 262 g/mol. The van der Waals surface area contributed by atoms with Crippen molar-refractivity contribution >= 4 is 5.91 Å². The maximum Gasteiger partial charge on any atom is 0.222 e. The molecule has 0 spiro atoms. The van der Waals surface area contributed by atoms with Gasteiger partial charge in [-0.05, 0) is 13.8 Å². The third-order valence-electron chi connectivity index (χ3n) is 2.95. The van der Waals surface area contributed by atoms with Crippen molar-refractivity contribution in [3.63, 3.8) is 0 Å². The van der Waals surface area contributed by atoms with Gasteiger partial charge < -0.3 is 9.88 Å². The van der Waals surface area contributed by atoms with E-state index < -0.39 is 0 Å². The van der Waals surface area contributed by atoms with Crippen LogP contribution in [0, 0.1) is 6.92 Å². The minimum Gasteiger partial charge on any atom is -0.354 e. The van der Waals surface area contributed by atoms with Crippen LogP contribution in [0.3, 0.4) is 0 Å².